The van der Waals surface area contributed by atoms with Crippen LogP contribution in [0.5, 0.6) is 11.5 Å². The van der Waals surface area contributed by atoms with Crippen LogP contribution in [-0.2, 0) is 0 Å². The van der Waals surface area contributed by atoms with E-state index in [-0.39, 0.29) is 11.8 Å². The number of halogens is 2. The zero-order valence-corrected chi connectivity index (χ0v) is 12.6. The van der Waals surface area contributed by atoms with Crippen molar-refractivity contribution in [3.05, 3.63) is 18.2 Å². The van der Waals surface area contributed by atoms with Crippen molar-refractivity contribution in [2.75, 3.05) is 25.5 Å². The number of hydrogen-bond acceptors (Lipinski definition) is 4. The molecule has 0 aliphatic carbocycles. The van der Waals surface area contributed by atoms with Crippen LogP contribution in [0.3, 0.4) is 0 Å². The number of anilines is 1. The van der Waals surface area contributed by atoms with Crippen LogP contribution in [0.2, 0.25) is 0 Å². The average molecular weight is 300 g/mol. The molecule has 1 fully saturated rings. The topological polar surface area (TPSA) is 33.7 Å². The Bertz CT molecular complexity index is 469. The van der Waals surface area contributed by atoms with Crippen LogP contribution >= 0.6 is 0 Å². The molecule has 1 N–H and O–H groups in total. The van der Waals surface area contributed by atoms with Gasteiger partial charge in [0.05, 0.1) is 12.8 Å². The summed E-state index contributed by atoms with van der Waals surface area (Å²) < 4.78 is 34.7. The largest absolute Gasteiger partial charge is 0.497 e. The smallest absolute Gasteiger partial charge is 0.387 e. The first kappa shape index (κ1) is 15.8. The van der Waals surface area contributed by atoms with Gasteiger partial charge in [-0.2, -0.15) is 8.78 Å². The third-order valence-corrected chi connectivity index (χ3v) is 3.71. The van der Waals surface area contributed by atoms with Crippen molar-refractivity contribution in [1.29, 1.82) is 0 Å². The first-order chi connectivity index (χ1) is 9.99. The van der Waals surface area contributed by atoms with Crippen molar-refractivity contribution in [2.45, 2.75) is 39.0 Å². The predicted octanol–water partition coefficient (Wildman–Crippen LogP) is 3.19. The fraction of sp³-hybridized carbons (Fsp3) is 0.600. The number of likely N-dealkylation sites (tertiary alicyclic amines) is 1. The summed E-state index contributed by atoms with van der Waals surface area (Å²) in [5, 5.41) is 3.29. The van der Waals surface area contributed by atoms with Gasteiger partial charge in [0.1, 0.15) is 11.5 Å². The molecule has 1 atom stereocenters. The van der Waals surface area contributed by atoms with Gasteiger partial charge in [0.2, 0.25) is 0 Å². The third-order valence-electron chi connectivity index (χ3n) is 3.71. The van der Waals surface area contributed by atoms with Crippen LogP contribution in [0, 0.1) is 0 Å². The molecule has 1 unspecified atom stereocenters. The highest BCUT2D eigenvalue weighted by Gasteiger charge is 2.25. The molecule has 1 aromatic carbocycles. The van der Waals surface area contributed by atoms with Gasteiger partial charge in [0, 0.05) is 31.2 Å². The first-order valence-corrected chi connectivity index (χ1v) is 7.13. The third kappa shape index (κ3) is 4.20. The molecule has 2 rings (SSSR count). The number of nitrogens with one attached hydrogen (secondary N) is 1. The van der Waals surface area contributed by atoms with Gasteiger partial charge in [-0.3, -0.25) is 4.90 Å². The molecule has 0 saturated carbocycles. The van der Waals surface area contributed by atoms with Crippen LogP contribution in [0.1, 0.15) is 20.3 Å². The van der Waals surface area contributed by atoms with Gasteiger partial charge < -0.3 is 14.8 Å². The lowest BCUT2D eigenvalue weighted by atomic mass is 10.2. The van der Waals surface area contributed by atoms with Gasteiger partial charge in [0.25, 0.3) is 0 Å². The molecular weight excluding hydrogens is 278 g/mol. The van der Waals surface area contributed by atoms with Gasteiger partial charge in [-0.15, -0.1) is 0 Å². The Morgan fingerprint density at radius 3 is 2.67 bits per heavy atom. The number of alkyl halides is 2. The molecule has 0 bridgehead atoms. The van der Waals surface area contributed by atoms with Crippen molar-refractivity contribution in [3.8, 4) is 11.5 Å². The molecular formula is C15H22F2N2O2. The summed E-state index contributed by atoms with van der Waals surface area (Å²) in [6, 6.07) is 5.51. The number of ether oxygens (including phenoxy) is 2. The van der Waals surface area contributed by atoms with Gasteiger partial charge in [-0.1, -0.05) is 0 Å². The lowest BCUT2D eigenvalue weighted by Gasteiger charge is -2.21. The maximum atomic E-state index is 12.5. The highest BCUT2D eigenvalue weighted by Crippen LogP contribution is 2.32. The Morgan fingerprint density at radius 1 is 1.33 bits per heavy atom. The Hall–Kier alpha value is -1.56. The van der Waals surface area contributed by atoms with Gasteiger partial charge in [0.15, 0.2) is 0 Å². The summed E-state index contributed by atoms with van der Waals surface area (Å²) >= 11 is 0. The standard InChI is InChI=1S/C15H22F2N2O2/c1-10(2)19-7-6-11(9-19)18-13-8-12(20-3)4-5-14(13)21-15(16)17/h4-5,8,10-11,15,18H,6-7,9H2,1-3H3. The van der Waals surface area contributed by atoms with Gasteiger partial charge in [-0.25, -0.2) is 0 Å². The van der Waals surface area contributed by atoms with Gasteiger partial charge in [-0.05, 0) is 32.4 Å². The van der Waals surface area contributed by atoms with E-state index in [2.05, 4.69) is 28.8 Å². The summed E-state index contributed by atoms with van der Waals surface area (Å²) in [6.07, 6.45) is 0.976. The number of benzene rings is 1. The summed E-state index contributed by atoms with van der Waals surface area (Å²) in [5.74, 6) is 0.756. The minimum atomic E-state index is -2.84. The molecule has 1 aliphatic rings. The Kier molecular flexibility index (Phi) is 5.22. The molecule has 21 heavy (non-hydrogen) atoms. The second kappa shape index (κ2) is 6.93. The fourth-order valence-corrected chi connectivity index (χ4v) is 2.54. The Morgan fingerprint density at radius 2 is 2.10 bits per heavy atom. The van der Waals surface area contributed by atoms with Crippen molar-refractivity contribution in [1.82, 2.24) is 4.90 Å². The van der Waals surface area contributed by atoms with Crippen molar-refractivity contribution < 1.29 is 18.3 Å². The van der Waals surface area contributed by atoms with E-state index < -0.39 is 6.61 Å². The molecule has 1 aliphatic heterocycles. The van der Waals surface area contributed by atoms with Crippen LogP contribution in [0.15, 0.2) is 18.2 Å². The Balaban J connectivity index is 2.10. The molecule has 118 valence electrons. The minimum Gasteiger partial charge on any atom is -0.497 e. The lowest BCUT2D eigenvalue weighted by molar-refractivity contribution is -0.0494. The zero-order valence-electron chi connectivity index (χ0n) is 12.6. The lowest BCUT2D eigenvalue weighted by Crippen LogP contribution is -2.31. The molecule has 6 heteroatoms. The molecule has 4 nitrogen and oxygen atoms in total. The summed E-state index contributed by atoms with van der Waals surface area (Å²) in [7, 11) is 1.54. The molecule has 0 spiro atoms. The average Bonchev–Trinajstić information content (AvgIpc) is 2.89. The van der Waals surface area contributed by atoms with E-state index in [9.17, 15) is 8.78 Å². The summed E-state index contributed by atoms with van der Waals surface area (Å²) in [5.41, 5.74) is 0.547. The van der Waals surface area contributed by atoms with Crippen LogP contribution in [0.4, 0.5) is 14.5 Å². The van der Waals surface area contributed by atoms with E-state index in [1.54, 1.807) is 19.2 Å². The molecule has 0 radical (unpaired) electrons. The molecule has 0 aromatic heterocycles. The second-order valence-electron chi connectivity index (χ2n) is 5.46. The minimum absolute atomic E-state index is 0.147. The van der Waals surface area contributed by atoms with Crippen LogP contribution in [0.25, 0.3) is 0 Å². The number of methoxy groups -OCH3 is 1. The normalized spacial score (nSPS) is 19.3. The SMILES string of the molecule is COc1ccc(OC(F)F)c(NC2CCN(C(C)C)C2)c1. The summed E-state index contributed by atoms with van der Waals surface area (Å²) in [6.45, 7) is 3.36. The molecule has 1 saturated heterocycles. The van der Waals surface area contributed by atoms with Crippen molar-refractivity contribution in [2.24, 2.45) is 0 Å². The van der Waals surface area contributed by atoms with Crippen LogP contribution < -0.4 is 14.8 Å². The predicted molar refractivity (Wildman–Crippen MR) is 78.4 cm³/mol. The summed E-state index contributed by atoms with van der Waals surface area (Å²) in [4.78, 5) is 2.35. The van der Waals surface area contributed by atoms with E-state index in [0.29, 0.717) is 17.5 Å². The fourth-order valence-electron chi connectivity index (χ4n) is 2.54. The van der Waals surface area contributed by atoms with E-state index in [1.165, 1.54) is 6.07 Å². The molecule has 1 heterocycles. The first-order valence-electron chi connectivity index (χ1n) is 7.13. The quantitative estimate of drug-likeness (QED) is 0.875. The second-order valence-corrected chi connectivity index (χ2v) is 5.46. The maximum Gasteiger partial charge on any atom is 0.387 e. The van der Waals surface area contributed by atoms with E-state index in [0.717, 1.165) is 19.5 Å². The zero-order chi connectivity index (χ0) is 15.4. The van der Waals surface area contributed by atoms with E-state index in [1.807, 2.05) is 0 Å². The highest BCUT2D eigenvalue weighted by atomic mass is 19.3. The maximum absolute atomic E-state index is 12.5. The number of nitrogens with zero attached hydrogens (tertiary/aromatic N) is 1. The van der Waals surface area contributed by atoms with Crippen molar-refractivity contribution >= 4 is 5.69 Å². The van der Waals surface area contributed by atoms with E-state index >= 15 is 0 Å². The Labute approximate surface area is 124 Å². The van der Waals surface area contributed by atoms with Gasteiger partial charge >= 0.3 is 6.61 Å². The molecule has 0 amide bonds. The van der Waals surface area contributed by atoms with Crippen molar-refractivity contribution in [3.63, 3.8) is 0 Å². The van der Waals surface area contributed by atoms with E-state index in [4.69, 9.17) is 4.74 Å². The monoisotopic (exact) mass is 300 g/mol. The number of rotatable bonds is 6. The number of hydrogen-bond donors (Lipinski definition) is 1. The highest BCUT2D eigenvalue weighted by molar-refractivity contribution is 5.60. The van der Waals surface area contributed by atoms with Crippen LogP contribution in [-0.4, -0.2) is 43.8 Å². The molecule has 1 aromatic rings.